The molecular weight excluding hydrogens is 242 g/mol. The molecule has 0 bridgehead atoms. The summed E-state index contributed by atoms with van der Waals surface area (Å²) in [5.41, 5.74) is 6.65. The molecule has 0 saturated heterocycles. The number of benzene rings is 1. The molecule has 0 fully saturated rings. The third-order valence-electron chi connectivity index (χ3n) is 2.20. The highest BCUT2D eigenvalue weighted by atomic mass is 35.5. The van der Waals surface area contributed by atoms with Gasteiger partial charge in [0.2, 0.25) is 0 Å². The van der Waals surface area contributed by atoms with Crippen molar-refractivity contribution in [3.63, 3.8) is 0 Å². The van der Waals surface area contributed by atoms with E-state index in [9.17, 15) is 0 Å². The van der Waals surface area contributed by atoms with Gasteiger partial charge in [-0.1, -0.05) is 23.7 Å². The molecule has 1 aromatic carbocycles. The minimum Gasteiger partial charge on any atom is -0.492 e. The van der Waals surface area contributed by atoms with E-state index in [1.807, 2.05) is 30.0 Å². The van der Waals surface area contributed by atoms with E-state index in [0.29, 0.717) is 18.2 Å². The Kier molecular flexibility index (Phi) is 6.69. The van der Waals surface area contributed by atoms with Gasteiger partial charge in [0.05, 0.1) is 11.6 Å². The minimum absolute atomic E-state index is 0.613. The van der Waals surface area contributed by atoms with Crippen LogP contribution in [0.25, 0.3) is 0 Å². The van der Waals surface area contributed by atoms with Crippen LogP contribution in [0.15, 0.2) is 18.2 Å². The summed E-state index contributed by atoms with van der Waals surface area (Å²) in [6, 6.07) is 5.80. The van der Waals surface area contributed by atoms with Gasteiger partial charge < -0.3 is 10.5 Å². The fourth-order valence-corrected chi connectivity index (χ4v) is 2.10. The number of ether oxygens (including phenoxy) is 1. The fraction of sp³-hybridized carbons (Fsp3) is 0.500. The van der Waals surface area contributed by atoms with Crippen LogP contribution < -0.4 is 10.5 Å². The van der Waals surface area contributed by atoms with Crippen molar-refractivity contribution in [2.24, 2.45) is 5.73 Å². The summed E-state index contributed by atoms with van der Waals surface area (Å²) >= 11 is 7.93. The SMILES string of the molecule is CSCCCOc1c(Cl)cccc1CCN. The first-order valence-electron chi connectivity index (χ1n) is 5.38. The molecule has 0 unspecified atom stereocenters. The standard InChI is InChI=1S/C12H18ClNOS/c1-16-9-3-8-15-12-10(6-7-14)4-2-5-11(12)13/h2,4-5H,3,6-9,14H2,1H3. The number of nitrogens with two attached hydrogens (primary N) is 1. The number of hydrogen-bond donors (Lipinski definition) is 1. The number of halogens is 1. The molecule has 0 atom stereocenters. The van der Waals surface area contributed by atoms with Gasteiger partial charge in [-0.3, -0.25) is 0 Å². The average Bonchev–Trinajstić information content (AvgIpc) is 2.28. The van der Waals surface area contributed by atoms with Crippen molar-refractivity contribution >= 4 is 23.4 Å². The first-order valence-corrected chi connectivity index (χ1v) is 7.16. The zero-order chi connectivity index (χ0) is 11.8. The number of hydrogen-bond acceptors (Lipinski definition) is 3. The fourth-order valence-electron chi connectivity index (χ4n) is 1.45. The lowest BCUT2D eigenvalue weighted by Crippen LogP contribution is -2.06. The van der Waals surface area contributed by atoms with Gasteiger partial charge in [0.25, 0.3) is 0 Å². The lowest BCUT2D eigenvalue weighted by Gasteiger charge is -2.12. The Morgan fingerprint density at radius 1 is 1.44 bits per heavy atom. The Hall–Kier alpha value is -0.380. The van der Waals surface area contributed by atoms with Crippen molar-refractivity contribution in [3.05, 3.63) is 28.8 Å². The molecule has 16 heavy (non-hydrogen) atoms. The molecule has 0 aliphatic rings. The number of thioether (sulfide) groups is 1. The van der Waals surface area contributed by atoms with E-state index in [-0.39, 0.29) is 0 Å². The Morgan fingerprint density at radius 2 is 2.25 bits per heavy atom. The molecule has 0 aliphatic heterocycles. The molecule has 0 spiro atoms. The van der Waals surface area contributed by atoms with Gasteiger partial charge in [0.1, 0.15) is 5.75 Å². The summed E-state index contributed by atoms with van der Waals surface area (Å²) in [4.78, 5) is 0. The van der Waals surface area contributed by atoms with E-state index in [2.05, 4.69) is 6.26 Å². The van der Waals surface area contributed by atoms with Crippen LogP contribution in [-0.4, -0.2) is 25.2 Å². The van der Waals surface area contributed by atoms with E-state index >= 15 is 0 Å². The van der Waals surface area contributed by atoms with E-state index in [0.717, 1.165) is 29.9 Å². The summed E-state index contributed by atoms with van der Waals surface area (Å²) in [5, 5.41) is 0.676. The molecule has 90 valence electrons. The van der Waals surface area contributed by atoms with Crippen LogP contribution in [0.3, 0.4) is 0 Å². The molecule has 0 radical (unpaired) electrons. The Morgan fingerprint density at radius 3 is 2.94 bits per heavy atom. The van der Waals surface area contributed by atoms with Crippen molar-refractivity contribution < 1.29 is 4.74 Å². The molecule has 0 saturated carbocycles. The first kappa shape index (κ1) is 13.7. The first-order chi connectivity index (χ1) is 7.79. The van der Waals surface area contributed by atoms with Crippen LogP contribution >= 0.6 is 23.4 Å². The maximum atomic E-state index is 6.11. The van der Waals surface area contributed by atoms with Crippen LogP contribution in [0.5, 0.6) is 5.75 Å². The Balaban J connectivity index is 2.61. The quantitative estimate of drug-likeness (QED) is 0.765. The predicted octanol–water partition coefficient (Wildman–Crippen LogP) is 2.97. The summed E-state index contributed by atoms with van der Waals surface area (Å²) in [6.45, 7) is 1.32. The molecular formula is C12H18ClNOS. The zero-order valence-electron chi connectivity index (χ0n) is 9.54. The lowest BCUT2D eigenvalue weighted by atomic mass is 10.1. The van der Waals surface area contributed by atoms with Gasteiger partial charge >= 0.3 is 0 Å². The molecule has 1 rings (SSSR count). The van der Waals surface area contributed by atoms with Gasteiger partial charge in [-0.15, -0.1) is 0 Å². The van der Waals surface area contributed by atoms with E-state index in [4.69, 9.17) is 22.1 Å². The molecule has 2 N–H and O–H groups in total. The monoisotopic (exact) mass is 259 g/mol. The Bertz CT molecular complexity index is 320. The van der Waals surface area contributed by atoms with Gasteiger partial charge in [0.15, 0.2) is 0 Å². The van der Waals surface area contributed by atoms with Gasteiger partial charge in [-0.25, -0.2) is 0 Å². The van der Waals surface area contributed by atoms with Gasteiger partial charge in [0, 0.05) is 0 Å². The summed E-state index contributed by atoms with van der Waals surface area (Å²) in [7, 11) is 0. The van der Waals surface area contributed by atoms with Crippen LogP contribution in [0, 0.1) is 0 Å². The van der Waals surface area contributed by atoms with E-state index in [1.165, 1.54) is 0 Å². The van der Waals surface area contributed by atoms with E-state index in [1.54, 1.807) is 0 Å². The van der Waals surface area contributed by atoms with Crippen LogP contribution in [0.1, 0.15) is 12.0 Å². The maximum absolute atomic E-state index is 6.11. The highest BCUT2D eigenvalue weighted by Crippen LogP contribution is 2.29. The summed E-state index contributed by atoms with van der Waals surface area (Å²) in [5.74, 6) is 1.91. The molecule has 0 heterocycles. The molecule has 2 nitrogen and oxygen atoms in total. The lowest BCUT2D eigenvalue weighted by molar-refractivity contribution is 0.315. The van der Waals surface area contributed by atoms with Crippen molar-refractivity contribution in [2.45, 2.75) is 12.8 Å². The molecule has 0 amide bonds. The smallest absolute Gasteiger partial charge is 0.141 e. The van der Waals surface area contributed by atoms with Crippen molar-refractivity contribution in [2.75, 3.05) is 25.2 Å². The third-order valence-corrected chi connectivity index (χ3v) is 3.20. The Labute approximate surface area is 107 Å². The van der Waals surface area contributed by atoms with Crippen LogP contribution in [0.4, 0.5) is 0 Å². The molecule has 4 heteroatoms. The second-order valence-corrected chi connectivity index (χ2v) is 4.85. The van der Waals surface area contributed by atoms with Crippen LogP contribution in [-0.2, 0) is 6.42 Å². The highest BCUT2D eigenvalue weighted by molar-refractivity contribution is 7.98. The van der Waals surface area contributed by atoms with Gasteiger partial charge in [-0.05, 0) is 43.0 Å². The molecule has 1 aromatic rings. The second kappa shape index (κ2) is 7.82. The average molecular weight is 260 g/mol. The van der Waals surface area contributed by atoms with Crippen molar-refractivity contribution in [1.82, 2.24) is 0 Å². The highest BCUT2D eigenvalue weighted by Gasteiger charge is 2.07. The predicted molar refractivity (Wildman–Crippen MR) is 72.7 cm³/mol. The maximum Gasteiger partial charge on any atom is 0.141 e. The topological polar surface area (TPSA) is 35.2 Å². The molecule has 0 aliphatic carbocycles. The molecule has 0 aromatic heterocycles. The largest absolute Gasteiger partial charge is 0.492 e. The van der Waals surface area contributed by atoms with Gasteiger partial charge in [-0.2, -0.15) is 11.8 Å². The third kappa shape index (κ3) is 4.24. The summed E-state index contributed by atoms with van der Waals surface area (Å²) < 4.78 is 5.72. The van der Waals surface area contributed by atoms with Crippen LogP contribution in [0.2, 0.25) is 5.02 Å². The summed E-state index contributed by atoms with van der Waals surface area (Å²) in [6.07, 6.45) is 3.93. The number of para-hydroxylation sites is 1. The second-order valence-electron chi connectivity index (χ2n) is 3.46. The normalized spacial score (nSPS) is 10.4. The van der Waals surface area contributed by atoms with Crippen molar-refractivity contribution in [3.8, 4) is 5.75 Å². The minimum atomic E-state index is 0.613. The van der Waals surface area contributed by atoms with E-state index < -0.39 is 0 Å². The van der Waals surface area contributed by atoms with Crippen molar-refractivity contribution in [1.29, 1.82) is 0 Å². The number of rotatable bonds is 7. The zero-order valence-corrected chi connectivity index (χ0v) is 11.1.